The summed E-state index contributed by atoms with van der Waals surface area (Å²) in [6.07, 6.45) is -3.82. The summed E-state index contributed by atoms with van der Waals surface area (Å²) < 4.78 is 43.5. The number of cyclic esters (lactones) is 1. The van der Waals surface area contributed by atoms with Crippen LogP contribution in [0.4, 0.5) is 23.7 Å². The third-order valence-corrected chi connectivity index (χ3v) is 3.44. The zero-order chi connectivity index (χ0) is 15.7. The first-order valence-electron chi connectivity index (χ1n) is 6.63. The monoisotopic (exact) mass is 302 g/mol. The Morgan fingerprint density at radius 2 is 2.14 bits per heavy atom. The number of anilines is 1. The molecule has 0 aliphatic carbocycles. The van der Waals surface area contributed by atoms with E-state index >= 15 is 0 Å². The van der Waals surface area contributed by atoms with Gasteiger partial charge in [0.05, 0.1) is 12.1 Å². The van der Waals surface area contributed by atoms with Gasteiger partial charge in [-0.15, -0.1) is 0 Å². The summed E-state index contributed by atoms with van der Waals surface area (Å²) in [4.78, 5) is 13.1. The molecule has 0 saturated carbocycles. The van der Waals surface area contributed by atoms with Crippen molar-refractivity contribution in [3.8, 4) is 0 Å². The molecule has 1 aliphatic heterocycles. The number of carbonyl (C=O) groups is 1. The van der Waals surface area contributed by atoms with E-state index < -0.39 is 23.4 Å². The number of benzene rings is 1. The van der Waals surface area contributed by atoms with Crippen molar-refractivity contribution in [1.29, 1.82) is 0 Å². The van der Waals surface area contributed by atoms with Gasteiger partial charge in [0.25, 0.3) is 0 Å². The Kier molecular flexibility index (Phi) is 4.13. The minimum atomic E-state index is -4.44. The van der Waals surface area contributed by atoms with E-state index in [9.17, 15) is 18.0 Å². The fourth-order valence-electron chi connectivity index (χ4n) is 2.35. The third-order valence-electron chi connectivity index (χ3n) is 3.44. The average Bonchev–Trinajstić information content (AvgIpc) is 2.72. The number of carbonyl (C=O) groups excluding carboxylic acids is 1. The predicted molar refractivity (Wildman–Crippen MR) is 72.0 cm³/mol. The van der Waals surface area contributed by atoms with Crippen molar-refractivity contribution in [3.63, 3.8) is 0 Å². The van der Waals surface area contributed by atoms with Gasteiger partial charge in [0.2, 0.25) is 0 Å². The smallest absolute Gasteiger partial charge is 0.416 e. The van der Waals surface area contributed by atoms with Gasteiger partial charge in [-0.05, 0) is 44.5 Å². The van der Waals surface area contributed by atoms with E-state index in [1.807, 2.05) is 0 Å². The van der Waals surface area contributed by atoms with E-state index in [2.05, 4.69) is 0 Å². The first-order valence-corrected chi connectivity index (χ1v) is 6.63. The number of rotatable bonds is 4. The number of nitrogens with zero attached hydrogens (tertiary/aromatic N) is 1. The molecule has 1 unspecified atom stereocenters. The lowest BCUT2D eigenvalue weighted by Crippen LogP contribution is -2.32. The molecule has 0 radical (unpaired) electrons. The van der Waals surface area contributed by atoms with Crippen LogP contribution < -0.4 is 10.6 Å². The largest absolute Gasteiger partial charge is 0.441 e. The van der Waals surface area contributed by atoms with Crippen LogP contribution in [0.5, 0.6) is 0 Å². The maximum Gasteiger partial charge on any atom is 0.416 e. The molecule has 116 valence electrons. The molecule has 2 rings (SSSR count). The van der Waals surface area contributed by atoms with Crippen LogP contribution in [-0.4, -0.2) is 24.8 Å². The second-order valence-electron chi connectivity index (χ2n) is 5.34. The van der Waals surface area contributed by atoms with Gasteiger partial charge in [-0.1, -0.05) is 6.07 Å². The number of ether oxygens (including phenoxy) is 1. The molecule has 0 aromatic heterocycles. The van der Waals surface area contributed by atoms with E-state index in [1.54, 1.807) is 6.92 Å². The minimum absolute atomic E-state index is 0.186. The van der Waals surface area contributed by atoms with Gasteiger partial charge >= 0.3 is 12.3 Å². The molecule has 1 aliphatic rings. The number of amides is 1. The summed E-state index contributed by atoms with van der Waals surface area (Å²) in [6, 6.07) is 4.67. The highest BCUT2D eigenvalue weighted by Gasteiger charge is 2.42. The summed E-state index contributed by atoms with van der Waals surface area (Å²) in [5.74, 6) is 0. The summed E-state index contributed by atoms with van der Waals surface area (Å²) in [5, 5.41) is 0. The Balaban J connectivity index is 2.21. The molecule has 4 nitrogen and oxygen atoms in total. The predicted octanol–water partition coefficient (Wildman–Crippen LogP) is 3.16. The molecule has 7 heteroatoms. The second-order valence-corrected chi connectivity index (χ2v) is 5.34. The molecule has 1 heterocycles. The zero-order valence-corrected chi connectivity index (χ0v) is 11.6. The van der Waals surface area contributed by atoms with Gasteiger partial charge in [-0.2, -0.15) is 13.2 Å². The first-order chi connectivity index (χ1) is 9.75. The summed E-state index contributed by atoms with van der Waals surface area (Å²) in [7, 11) is 0. The molecule has 21 heavy (non-hydrogen) atoms. The Labute approximate surface area is 120 Å². The molecule has 2 N–H and O–H groups in total. The van der Waals surface area contributed by atoms with Crippen molar-refractivity contribution in [2.45, 2.75) is 31.5 Å². The first kappa shape index (κ1) is 15.6. The van der Waals surface area contributed by atoms with E-state index in [4.69, 9.17) is 10.5 Å². The quantitative estimate of drug-likeness (QED) is 0.929. The lowest BCUT2D eigenvalue weighted by atomic mass is 10.00. The maximum atomic E-state index is 12.7. The van der Waals surface area contributed by atoms with Crippen molar-refractivity contribution >= 4 is 11.8 Å². The van der Waals surface area contributed by atoms with Crippen LogP contribution in [0.25, 0.3) is 0 Å². The maximum absolute atomic E-state index is 12.7. The van der Waals surface area contributed by atoms with Crippen LogP contribution in [0.2, 0.25) is 0 Å². The number of hydrogen-bond acceptors (Lipinski definition) is 3. The highest BCUT2D eigenvalue weighted by atomic mass is 19.4. The lowest BCUT2D eigenvalue weighted by Gasteiger charge is -2.21. The molecule has 1 atom stereocenters. The van der Waals surface area contributed by atoms with Gasteiger partial charge in [0.15, 0.2) is 0 Å². The van der Waals surface area contributed by atoms with Crippen LogP contribution in [0, 0.1) is 0 Å². The fraction of sp³-hybridized carbons (Fsp3) is 0.500. The topological polar surface area (TPSA) is 55.6 Å². The lowest BCUT2D eigenvalue weighted by molar-refractivity contribution is -0.137. The van der Waals surface area contributed by atoms with E-state index in [-0.39, 0.29) is 12.2 Å². The molecular formula is C14H17F3N2O2. The zero-order valence-electron chi connectivity index (χ0n) is 11.6. The van der Waals surface area contributed by atoms with Gasteiger partial charge < -0.3 is 10.5 Å². The molecule has 1 fully saturated rings. The van der Waals surface area contributed by atoms with Gasteiger partial charge in [0.1, 0.15) is 5.60 Å². The standard InChI is InChI=1S/C14H17F3N2O2/c1-13(6-3-7-18)9-19(12(20)21-13)11-5-2-4-10(8-11)14(15,16)17/h2,4-5,8H,3,6-7,9,18H2,1H3. The third kappa shape index (κ3) is 3.47. The van der Waals surface area contributed by atoms with Crippen LogP contribution in [0.1, 0.15) is 25.3 Å². The number of halogens is 3. The molecule has 0 spiro atoms. The molecule has 1 saturated heterocycles. The summed E-state index contributed by atoms with van der Waals surface area (Å²) >= 11 is 0. The van der Waals surface area contributed by atoms with Crippen LogP contribution in [-0.2, 0) is 10.9 Å². The Bertz CT molecular complexity index is 533. The normalized spacial score (nSPS) is 22.5. The van der Waals surface area contributed by atoms with Crippen molar-refractivity contribution in [3.05, 3.63) is 29.8 Å². The Hall–Kier alpha value is -1.76. The van der Waals surface area contributed by atoms with Gasteiger partial charge in [-0.3, -0.25) is 4.90 Å². The molecule has 1 aromatic rings. The van der Waals surface area contributed by atoms with Crippen molar-refractivity contribution < 1.29 is 22.7 Å². The number of hydrogen-bond donors (Lipinski definition) is 1. The van der Waals surface area contributed by atoms with Crippen molar-refractivity contribution in [2.75, 3.05) is 18.0 Å². The molecular weight excluding hydrogens is 285 g/mol. The van der Waals surface area contributed by atoms with Crippen molar-refractivity contribution in [1.82, 2.24) is 0 Å². The van der Waals surface area contributed by atoms with Gasteiger partial charge in [0, 0.05) is 5.69 Å². The Morgan fingerprint density at radius 3 is 2.76 bits per heavy atom. The minimum Gasteiger partial charge on any atom is -0.441 e. The summed E-state index contributed by atoms with van der Waals surface area (Å²) in [5.41, 5.74) is 4.11. The second kappa shape index (κ2) is 5.55. The average molecular weight is 302 g/mol. The molecule has 1 amide bonds. The van der Waals surface area contributed by atoms with Gasteiger partial charge in [-0.25, -0.2) is 4.79 Å². The Morgan fingerprint density at radius 1 is 1.43 bits per heavy atom. The van der Waals surface area contributed by atoms with Crippen LogP contribution >= 0.6 is 0 Å². The summed E-state index contributed by atoms with van der Waals surface area (Å²) in [6.45, 7) is 2.44. The van der Waals surface area contributed by atoms with Crippen LogP contribution in [0.15, 0.2) is 24.3 Å². The van der Waals surface area contributed by atoms with E-state index in [0.717, 1.165) is 12.1 Å². The number of nitrogens with two attached hydrogens (primary N) is 1. The van der Waals surface area contributed by atoms with E-state index in [0.29, 0.717) is 19.4 Å². The fourth-order valence-corrected chi connectivity index (χ4v) is 2.35. The SMILES string of the molecule is CC1(CCCN)CN(c2cccc(C(F)(F)F)c2)C(=O)O1. The highest BCUT2D eigenvalue weighted by Crippen LogP contribution is 2.35. The van der Waals surface area contributed by atoms with Crippen molar-refractivity contribution in [2.24, 2.45) is 5.73 Å². The molecule has 1 aromatic carbocycles. The number of alkyl halides is 3. The highest BCUT2D eigenvalue weighted by molar-refractivity contribution is 5.90. The van der Waals surface area contributed by atoms with Crippen LogP contribution in [0.3, 0.4) is 0 Å². The molecule has 0 bridgehead atoms. The van der Waals surface area contributed by atoms with E-state index in [1.165, 1.54) is 17.0 Å².